The molecule has 0 unspecified atom stereocenters. The van der Waals surface area contributed by atoms with Crippen molar-refractivity contribution in [2.75, 3.05) is 13.2 Å². The molecule has 0 saturated carbocycles. The summed E-state index contributed by atoms with van der Waals surface area (Å²) >= 11 is 0. The van der Waals surface area contributed by atoms with Crippen LogP contribution in [0, 0.1) is 0 Å². The molecule has 2 N–H and O–H groups in total. The van der Waals surface area contributed by atoms with Crippen LogP contribution in [0.15, 0.2) is 48.5 Å². The summed E-state index contributed by atoms with van der Waals surface area (Å²) in [7, 11) is -0.887. The van der Waals surface area contributed by atoms with E-state index in [9.17, 15) is 0 Å². The van der Waals surface area contributed by atoms with Crippen molar-refractivity contribution < 1.29 is 38.3 Å². The number of para-hydroxylation sites is 2. The second-order valence-corrected chi connectivity index (χ2v) is 14.8. The van der Waals surface area contributed by atoms with Gasteiger partial charge >= 0.3 is 14.2 Å². The van der Waals surface area contributed by atoms with Gasteiger partial charge in [-0.05, 0) is 108 Å². The first-order valence-corrected chi connectivity index (χ1v) is 15.7. The Kier molecular flexibility index (Phi) is 12.5. The van der Waals surface area contributed by atoms with Gasteiger partial charge in [0.05, 0.1) is 55.2 Å². The average Bonchev–Trinajstić information content (AvgIpc) is 3.25. The summed E-state index contributed by atoms with van der Waals surface area (Å²) in [5.74, 6) is 1.59. The topological polar surface area (TPSA) is 95.8 Å². The number of hydrogen-bond donors (Lipinski definition) is 2. The van der Waals surface area contributed by atoms with E-state index in [2.05, 4.69) is 55.4 Å². The predicted octanol–water partition coefficient (Wildman–Crippen LogP) is 3.87. The summed E-state index contributed by atoms with van der Waals surface area (Å²) in [6.45, 7) is 23.9. The fourth-order valence-electron chi connectivity index (χ4n) is 4.12. The molecular formula is C34H57B3O8. The highest BCUT2D eigenvalue weighted by atomic mass is 16.7. The normalized spacial score (nSPS) is 19.8. The zero-order chi connectivity index (χ0) is 33.2. The summed E-state index contributed by atoms with van der Waals surface area (Å²) < 4.78 is 37.2. The molecule has 250 valence electrons. The van der Waals surface area contributed by atoms with Crippen LogP contribution >= 0.6 is 0 Å². The molecule has 11 heteroatoms. The molecular weight excluding hydrogens is 569 g/mol. The fraction of sp³-hybridized carbons (Fsp3) is 0.647. The molecule has 0 spiro atoms. The molecule has 2 saturated heterocycles. The Labute approximate surface area is 274 Å². The minimum absolute atomic E-state index is 0. The number of aliphatic hydroxyl groups is 2. The van der Waals surface area contributed by atoms with E-state index in [1.807, 2.05) is 48.5 Å². The molecule has 2 aliphatic rings. The molecule has 2 aromatic carbocycles. The highest BCUT2D eigenvalue weighted by Crippen LogP contribution is 2.38. The van der Waals surface area contributed by atoms with Gasteiger partial charge in [-0.1, -0.05) is 36.4 Å². The second kappa shape index (κ2) is 14.4. The zero-order valence-electron chi connectivity index (χ0n) is 28.9. The minimum Gasteiger partial charge on any atom is -0.494 e. The third-order valence-corrected chi connectivity index (χ3v) is 9.40. The SMILES string of the molecule is B.CC(C)(O)C(C)(C)O.CC1(C)OB(c2ccccc2OCCCCOc2ccccc2B2OC(C)(C)C(C)(C)O2)OC1(C)C. The van der Waals surface area contributed by atoms with Crippen LogP contribution in [0.2, 0.25) is 0 Å². The lowest BCUT2D eigenvalue weighted by atomic mass is 9.78. The van der Waals surface area contributed by atoms with E-state index in [4.69, 9.17) is 38.3 Å². The third-order valence-electron chi connectivity index (χ3n) is 9.40. The Morgan fingerprint density at radius 2 is 0.822 bits per heavy atom. The van der Waals surface area contributed by atoms with Crippen LogP contribution in [-0.4, -0.2) is 79.7 Å². The molecule has 2 aromatic rings. The van der Waals surface area contributed by atoms with E-state index in [1.165, 1.54) is 0 Å². The van der Waals surface area contributed by atoms with Crippen LogP contribution in [0.4, 0.5) is 0 Å². The first-order valence-electron chi connectivity index (χ1n) is 15.7. The summed E-state index contributed by atoms with van der Waals surface area (Å²) in [5.41, 5.74) is -1.74. The van der Waals surface area contributed by atoms with Crippen molar-refractivity contribution in [2.45, 2.75) is 130 Å². The van der Waals surface area contributed by atoms with Crippen molar-refractivity contribution in [3.63, 3.8) is 0 Å². The number of rotatable bonds is 10. The van der Waals surface area contributed by atoms with Gasteiger partial charge in [-0.25, -0.2) is 0 Å². The minimum atomic E-state index is -1.01. The van der Waals surface area contributed by atoms with E-state index >= 15 is 0 Å². The molecule has 0 radical (unpaired) electrons. The smallest absolute Gasteiger partial charge is 0.494 e. The molecule has 2 heterocycles. The van der Waals surface area contributed by atoms with Gasteiger partial charge in [0.2, 0.25) is 0 Å². The van der Waals surface area contributed by atoms with Crippen molar-refractivity contribution in [3.8, 4) is 11.5 Å². The van der Waals surface area contributed by atoms with Crippen molar-refractivity contribution in [3.05, 3.63) is 48.5 Å². The highest BCUT2D eigenvalue weighted by Gasteiger charge is 2.53. The lowest BCUT2D eigenvalue weighted by molar-refractivity contribution is -0.107. The van der Waals surface area contributed by atoms with Gasteiger partial charge in [0.1, 0.15) is 11.5 Å². The van der Waals surface area contributed by atoms with Crippen molar-refractivity contribution in [1.82, 2.24) is 0 Å². The fourth-order valence-corrected chi connectivity index (χ4v) is 4.12. The largest absolute Gasteiger partial charge is 0.498 e. The van der Waals surface area contributed by atoms with Crippen LogP contribution in [0.5, 0.6) is 11.5 Å². The van der Waals surface area contributed by atoms with Crippen LogP contribution < -0.4 is 20.4 Å². The third kappa shape index (κ3) is 9.52. The Morgan fingerprint density at radius 1 is 0.556 bits per heavy atom. The number of ether oxygens (including phenoxy) is 2. The van der Waals surface area contributed by atoms with Gasteiger partial charge in [-0.15, -0.1) is 0 Å². The van der Waals surface area contributed by atoms with Gasteiger partial charge in [-0.2, -0.15) is 0 Å². The maximum Gasteiger partial charge on any atom is 0.498 e. The van der Waals surface area contributed by atoms with Crippen molar-refractivity contribution >= 4 is 33.6 Å². The number of benzene rings is 2. The van der Waals surface area contributed by atoms with E-state index in [0.29, 0.717) is 13.2 Å². The quantitative estimate of drug-likeness (QED) is 0.304. The van der Waals surface area contributed by atoms with Gasteiger partial charge in [-0.3, -0.25) is 0 Å². The monoisotopic (exact) mass is 626 g/mol. The first-order chi connectivity index (χ1) is 20.1. The van der Waals surface area contributed by atoms with Crippen molar-refractivity contribution in [1.29, 1.82) is 0 Å². The summed E-state index contributed by atoms with van der Waals surface area (Å²) in [6, 6.07) is 15.9. The molecule has 0 amide bonds. The van der Waals surface area contributed by atoms with Gasteiger partial charge in [0, 0.05) is 10.9 Å². The highest BCUT2D eigenvalue weighted by molar-refractivity contribution is 6.63. The maximum atomic E-state index is 9.10. The lowest BCUT2D eigenvalue weighted by Crippen LogP contribution is -2.44. The maximum absolute atomic E-state index is 9.10. The standard InChI is InChI=1S/C28H40B2O6.C6H14O2.BH3/c1-25(2)26(3,4)34-29(33-25)21-15-9-11-17-23(21)31-19-13-14-20-32-24-18-12-10-16-22(24)30-35-27(5,6)28(7,8)36-30;1-5(2,7)6(3,4)8;/h9-12,15-18H,13-14,19-20H2,1-8H3;7-8H,1-4H3;1H3. The van der Waals surface area contributed by atoms with E-state index in [-0.39, 0.29) is 8.41 Å². The zero-order valence-corrected chi connectivity index (χ0v) is 28.9. The Bertz CT molecular complexity index is 1110. The first kappa shape index (κ1) is 39.2. The van der Waals surface area contributed by atoms with Gasteiger partial charge in [0.25, 0.3) is 0 Å². The Balaban J connectivity index is 0.000000693. The molecule has 0 aromatic heterocycles. The molecule has 0 aliphatic carbocycles. The summed E-state index contributed by atoms with van der Waals surface area (Å²) in [5, 5.41) is 18.2. The van der Waals surface area contributed by atoms with Crippen LogP contribution in [0.1, 0.15) is 95.9 Å². The van der Waals surface area contributed by atoms with E-state index in [1.54, 1.807) is 27.7 Å². The summed E-state index contributed by atoms with van der Waals surface area (Å²) in [4.78, 5) is 0. The average molecular weight is 626 g/mol. The van der Waals surface area contributed by atoms with Crippen molar-refractivity contribution in [2.24, 2.45) is 0 Å². The number of unbranched alkanes of at least 4 members (excludes halogenated alkanes) is 1. The molecule has 4 rings (SSSR count). The van der Waals surface area contributed by atoms with Crippen LogP contribution in [0.3, 0.4) is 0 Å². The Hall–Kier alpha value is -2.01. The summed E-state index contributed by atoms with van der Waals surface area (Å²) in [6.07, 6.45) is 1.71. The van der Waals surface area contributed by atoms with Crippen LogP contribution in [-0.2, 0) is 18.6 Å². The van der Waals surface area contributed by atoms with Gasteiger partial charge in [0.15, 0.2) is 0 Å². The second-order valence-electron chi connectivity index (χ2n) is 14.8. The van der Waals surface area contributed by atoms with Gasteiger partial charge < -0.3 is 38.3 Å². The molecule has 0 atom stereocenters. The molecule has 2 fully saturated rings. The number of hydrogen-bond acceptors (Lipinski definition) is 8. The molecule has 45 heavy (non-hydrogen) atoms. The predicted molar refractivity (Wildman–Crippen MR) is 187 cm³/mol. The molecule has 8 nitrogen and oxygen atoms in total. The van der Waals surface area contributed by atoms with E-state index < -0.39 is 47.8 Å². The Morgan fingerprint density at radius 3 is 1.09 bits per heavy atom. The molecule has 0 bridgehead atoms. The molecule has 2 aliphatic heterocycles. The van der Waals surface area contributed by atoms with E-state index in [0.717, 1.165) is 35.3 Å². The van der Waals surface area contributed by atoms with Crippen LogP contribution in [0.25, 0.3) is 0 Å². The lowest BCUT2D eigenvalue weighted by Gasteiger charge is -2.32.